The van der Waals surface area contributed by atoms with Crippen LogP contribution in [0.1, 0.15) is 29.4 Å². The first-order valence-electron chi connectivity index (χ1n) is 7.87. The lowest BCUT2D eigenvalue weighted by atomic mass is 9.91. The first kappa shape index (κ1) is 19.8. The van der Waals surface area contributed by atoms with E-state index in [1.165, 1.54) is 32.2 Å². The van der Waals surface area contributed by atoms with Gasteiger partial charge in [0, 0.05) is 12.5 Å². The molecule has 2 aromatic rings. The molecule has 2 rings (SSSR count). The number of hydrogen-bond donors (Lipinski definition) is 3. The number of carbonyl (C=O) groups is 2. The van der Waals surface area contributed by atoms with Crippen molar-refractivity contribution in [3.63, 3.8) is 0 Å². The summed E-state index contributed by atoms with van der Waals surface area (Å²) >= 11 is 0. The Hall–Kier alpha value is -3.49. The zero-order valence-electron chi connectivity index (χ0n) is 14.7. The number of hydrogen-bond acceptors (Lipinski definition) is 7. The van der Waals surface area contributed by atoms with Crippen molar-refractivity contribution in [2.24, 2.45) is 5.73 Å². The largest absolute Gasteiger partial charge is 0.502 e. The van der Waals surface area contributed by atoms with Crippen molar-refractivity contribution in [1.29, 1.82) is 0 Å². The van der Waals surface area contributed by atoms with E-state index in [0.717, 1.165) is 6.07 Å². The average molecular weight is 377 g/mol. The number of carboxylic acid groups (broad SMARTS) is 1. The fourth-order valence-corrected chi connectivity index (χ4v) is 2.58. The fourth-order valence-electron chi connectivity index (χ4n) is 2.58. The molecule has 0 saturated heterocycles. The lowest BCUT2D eigenvalue weighted by Crippen LogP contribution is -2.18. The monoisotopic (exact) mass is 377 g/mol. The molecule has 0 aliphatic heterocycles. The maximum absolute atomic E-state index is 11.9. The molecular formula is C18H19NO8. The van der Waals surface area contributed by atoms with E-state index in [1.807, 2.05) is 0 Å². The molecule has 1 atom stereocenters. The Morgan fingerprint density at radius 3 is 2.56 bits per heavy atom. The molecule has 9 nitrogen and oxygen atoms in total. The summed E-state index contributed by atoms with van der Waals surface area (Å²) in [7, 11) is 1.36. The second-order valence-corrected chi connectivity index (χ2v) is 5.75. The Bertz CT molecular complexity index is 918. The summed E-state index contributed by atoms with van der Waals surface area (Å²) in [4.78, 5) is 34.1. The van der Waals surface area contributed by atoms with Gasteiger partial charge >= 0.3 is 5.97 Å². The third-order valence-electron chi connectivity index (χ3n) is 3.74. The molecule has 4 N–H and O–H groups in total. The van der Waals surface area contributed by atoms with Gasteiger partial charge in [0.25, 0.3) is 0 Å². The van der Waals surface area contributed by atoms with Crippen LogP contribution in [0.25, 0.3) is 0 Å². The van der Waals surface area contributed by atoms with Crippen LogP contribution >= 0.6 is 0 Å². The number of aryl methyl sites for hydroxylation is 1. The van der Waals surface area contributed by atoms with Gasteiger partial charge in [0.1, 0.15) is 5.76 Å². The van der Waals surface area contributed by atoms with Gasteiger partial charge in [-0.05, 0) is 24.6 Å². The molecule has 0 radical (unpaired) electrons. The first-order valence-corrected chi connectivity index (χ1v) is 7.87. The summed E-state index contributed by atoms with van der Waals surface area (Å²) < 4.78 is 15.8. The number of benzene rings is 1. The second-order valence-electron chi connectivity index (χ2n) is 5.75. The van der Waals surface area contributed by atoms with Gasteiger partial charge in [-0.25, -0.2) is 4.79 Å². The van der Waals surface area contributed by atoms with Crippen LogP contribution in [0.5, 0.6) is 17.2 Å². The third-order valence-corrected chi connectivity index (χ3v) is 3.74. The van der Waals surface area contributed by atoms with Crippen LogP contribution < -0.4 is 20.6 Å². The number of methoxy groups -OCH3 is 1. The minimum Gasteiger partial charge on any atom is -0.502 e. The smallest absolute Gasteiger partial charge is 0.341 e. The van der Waals surface area contributed by atoms with Crippen molar-refractivity contribution >= 4 is 11.9 Å². The fraction of sp³-hybridized carbons (Fsp3) is 0.278. The lowest BCUT2D eigenvalue weighted by molar-refractivity contribution is -0.139. The molecule has 0 spiro atoms. The van der Waals surface area contributed by atoms with Gasteiger partial charge in [0.15, 0.2) is 23.9 Å². The van der Waals surface area contributed by atoms with Gasteiger partial charge in [-0.1, -0.05) is 6.07 Å². The number of carbonyl (C=O) groups excluding carboxylic acids is 1. The molecular weight excluding hydrogens is 358 g/mol. The van der Waals surface area contributed by atoms with E-state index in [4.69, 9.17) is 24.7 Å². The normalized spacial score (nSPS) is 11.6. The van der Waals surface area contributed by atoms with E-state index in [9.17, 15) is 19.5 Å². The zero-order valence-corrected chi connectivity index (χ0v) is 14.7. The molecule has 1 heterocycles. The van der Waals surface area contributed by atoms with Gasteiger partial charge < -0.3 is 29.8 Å². The molecule has 144 valence electrons. The minimum absolute atomic E-state index is 0.0972. The quantitative estimate of drug-likeness (QED) is 0.620. The highest BCUT2D eigenvalue weighted by Crippen LogP contribution is 2.37. The van der Waals surface area contributed by atoms with Gasteiger partial charge in [0.2, 0.25) is 17.1 Å². The highest BCUT2D eigenvalue weighted by molar-refractivity contribution is 5.75. The SMILES string of the molecule is COc1cc([C@H](CC(N)=O)c2oc(C)cc(=O)c2O)ccc1OCC(=O)O. The summed E-state index contributed by atoms with van der Waals surface area (Å²) in [5, 5.41) is 18.8. The van der Waals surface area contributed by atoms with Crippen LogP contribution in [-0.4, -0.2) is 35.8 Å². The number of carboxylic acids is 1. The molecule has 0 aliphatic carbocycles. The van der Waals surface area contributed by atoms with Crippen molar-refractivity contribution in [1.82, 2.24) is 0 Å². The number of nitrogens with two attached hydrogens (primary N) is 1. The number of ether oxygens (including phenoxy) is 2. The highest BCUT2D eigenvalue weighted by Gasteiger charge is 2.26. The second kappa shape index (κ2) is 8.26. The first-order chi connectivity index (χ1) is 12.7. The van der Waals surface area contributed by atoms with Crippen LogP contribution in [0.15, 0.2) is 33.5 Å². The number of rotatable bonds is 8. The van der Waals surface area contributed by atoms with Gasteiger partial charge in [0.05, 0.1) is 13.0 Å². The van der Waals surface area contributed by atoms with Crippen molar-refractivity contribution in [3.05, 3.63) is 51.6 Å². The molecule has 27 heavy (non-hydrogen) atoms. The molecule has 1 aromatic heterocycles. The van der Waals surface area contributed by atoms with Crippen LogP contribution in [0.4, 0.5) is 0 Å². The third kappa shape index (κ3) is 4.78. The number of aromatic hydroxyl groups is 1. The highest BCUT2D eigenvalue weighted by atomic mass is 16.5. The summed E-state index contributed by atoms with van der Waals surface area (Å²) in [6.45, 7) is 0.975. The molecule has 0 unspecified atom stereocenters. The maximum atomic E-state index is 11.9. The van der Waals surface area contributed by atoms with Gasteiger partial charge in [-0.2, -0.15) is 0 Å². The summed E-state index contributed by atoms with van der Waals surface area (Å²) in [5.41, 5.74) is 5.13. The van der Waals surface area contributed by atoms with E-state index in [-0.39, 0.29) is 29.4 Å². The minimum atomic E-state index is -1.15. The summed E-state index contributed by atoms with van der Waals surface area (Å²) in [6.07, 6.45) is -0.238. The summed E-state index contributed by atoms with van der Waals surface area (Å²) in [6, 6.07) is 5.61. The number of amides is 1. The van der Waals surface area contributed by atoms with Crippen molar-refractivity contribution in [2.45, 2.75) is 19.3 Å². The zero-order chi connectivity index (χ0) is 20.1. The Balaban J connectivity index is 2.53. The number of aliphatic carboxylic acids is 1. The molecule has 0 saturated carbocycles. The van der Waals surface area contributed by atoms with Crippen LogP contribution in [0, 0.1) is 6.92 Å². The van der Waals surface area contributed by atoms with E-state index >= 15 is 0 Å². The van der Waals surface area contributed by atoms with Crippen molar-refractivity contribution < 1.29 is 33.7 Å². The molecule has 0 aliphatic rings. The Labute approximate surface area is 153 Å². The van der Waals surface area contributed by atoms with Gasteiger partial charge in [-0.15, -0.1) is 0 Å². The average Bonchev–Trinajstić information content (AvgIpc) is 2.60. The standard InChI is InChI=1S/C18H19NO8/c1-9-5-12(20)17(24)18(27-9)11(7-15(19)21)10-3-4-13(14(6-10)25-2)26-8-16(22)23/h3-6,11,24H,7-8H2,1-2H3,(H2,19,21)(H,22,23)/t11-/m0/s1. The lowest BCUT2D eigenvalue weighted by Gasteiger charge is -2.18. The van der Waals surface area contributed by atoms with E-state index in [1.54, 1.807) is 0 Å². The van der Waals surface area contributed by atoms with Crippen LogP contribution in [-0.2, 0) is 9.59 Å². The Morgan fingerprint density at radius 2 is 1.96 bits per heavy atom. The molecule has 1 amide bonds. The Morgan fingerprint density at radius 1 is 1.26 bits per heavy atom. The van der Waals surface area contributed by atoms with E-state index in [2.05, 4.69) is 0 Å². The maximum Gasteiger partial charge on any atom is 0.341 e. The molecule has 0 bridgehead atoms. The predicted octanol–water partition coefficient (Wildman–Crippen LogP) is 1.13. The topological polar surface area (TPSA) is 149 Å². The molecule has 0 fully saturated rings. The van der Waals surface area contributed by atoms with Crippen molar-refractivity contribution in [3.8, 4) is 17.2 Å². The Kier molecular flexibility index (Phi) is 6.07. The molecule has 1 aromatic carbocycles. The summed E-state index contributed by atoms with van der Waals surface area (Å²) in [5.74, 6) is -2.74. The van der Waals surface area contributed by atoms with E-state index in [0.29, 0.717) is 5.56 Å². The predicted molar refractivity (Wildman–Crippen MR) is 93.2 cm³/mol. The van der Waals surface area contributed by atoms with Crippen LogP contribution in [0.3, 0.4) is 0 Å². The van der Waals surface area contributed by atoms with Gasteiger partial charge in [-0.3, -0.25) is 9.59 Å². The van der Waals surface area contributed by atoms with Crippen molar-refractivity contribution in [2.75, 3.05) is 13.7 Å². The van der Waals surface area contributed by atoms with E-state index < -0.39 is 35.6 Å². The van der Waals surface area contributed by atoms with Crippen LogP contribution in [0.2, 0.25) is 0 Å². The molecule has 9 heteroatoms. The number of primary amides is 1.